The maximum Gasteiger partial charge on any atom is 0.258 e. The van der Waals surface area contributed by atoms with E-state index in [9.17, 15) is 9.18 Å². The van der Waals surface area contributed by atoms with Gasteiger partial charge in [-0.3, -0.25) is 9.48 Å². The first kappa shape index (κ1) is 16.4. The molecule has 3 N–H and O–H groups in total. The van der Waals surface area contributed by atoms with E-state index in [4.69, 9.17) is 10.5 Å². The maximum absolute atomic E-state index is 14.1. The molecule has 0 radical (unpaired) electrons. The molecule has 1 saturated carbocycles. The molecule has 0 aliphatic heterocycles. The molecule has 2 aromatic rings. The summed E-state index contributed by atoms with van der Waals surface area (Å²) in [6.45, 7) is 2.97. The minimum Gasteiger partial charge on any atom is -0.493 e. The molecule has 128 valence electrons. The van der Waals surface area contributed by atoms with Gasteiger partial charge in [-0.25, -0.2) is 4.39 Å². The van der Waals surface area contributed by atoms with E-state index in [-0.39, 0.29) is 11.7 Å². The van der Waals surface area contributed by atoms with Crippen LogP contribution in [0.1, 0.15) is 30.1 Å². The van der Waals surface area contributed by atoms with Gasteiger partial charge in [-0.05, 0) is 37.8 Å². The van der Waals surface area contributed by atoms with Crippen molar-refractivity contribution in [2.75, 3.05) is 11.9 Å². The van der Waals surface area contributed by atoms with Crippen LogP contribution in [0, 0.1) is 11.7 Å². The molecule has 1 aliphatic carbocycles. The zero-order valence-corrected chi connectivity index (χ0v) is 13.5. The van der Waals surface area contributed by atoms with E-state index >= 15 is 0 Å². The van der Waals surface area contributed by atoms with Crippen LogP contribution in [-0.4, -0.2) is 28.3 Å². The van der Waals surface area contributed by atoms with Gasteiger partial charge in [0.25, 0.3) is 5.91 Å². The molecule has 24 heavy (non-hydrogen) atoms. The third-order valence-corrected chi connectivity index (χ3v) is 3.74. The summed E-state index contributed by atoms with van der Waals surface area (Å²) in [5.41, 5.74) is 6.15. The summed E-state index contributed by atoms with van der Waals surface area (Å²) in [4.78, 5) is 12.2. The summed E-state index contributed by atoms with van der Waals surface area (Å²) in [6.07, 6.45) is 5.37. The van der Waals surface area contributed by atoms with Crippen LogP contribution in [0.4, 0.5) is 10.1 Å². The summed E-state index contributed by atoms with van der Waals surface area (Å²) in [7, 11) is 0. The highest BCUT2D eigenvalue weighted by Gasteiger charge is 2.22. The van der Waals surface area contributed by atoms with Crippen LogP contribution >= 0.6 is 0 Å². The molecular weight excluding hydrogens is 311 g/mol. The zero-order valence-electron chi connectivity index (χ0n) is 13.5. The fourth-order valence-corrected chi connectivity index (χ4v) is 2.26. The molecular formula is C17H21FN4O2. The number of hydrogen-bond donors (Lipinski definition) is 2. The van der Waals surface area contributed by atoms with E-state index in [0.29, 0.717) is 30.4 Å². The summed E-state index contributed by atoms with van der Waals surface area (Å²) < 4.78 is 21.2. The van der Waals surface area contributed by atoms with Crippen LogP contribution in [-0.2, 0) is 6.54 Å². The average molecular weight is 332 g/mol. The van der Waals surface area contributed by atoms with Crippen LogP contribution in [0.3, 0.4) is 0 Å². The summed E-state index contributed by atoms with van der Waals surface area (Å²) in [5.74, 6) is 0.124. The van der Waals surface area contributed by atoms with E-state index in [2.05, 4.69) is 10.4 Å². The van der Waals surface area contributed by atoms with Crippen LogP contribution in [0.2, 0.25) is 0 Å². The highest BCUT2D eigenvalue weighted by molar-refractivity contribution is 6.04. The lowest BCUT2D eigenvalue weighted by molar-refractivity contribution is 0.102. The molecule has 0 spiro atoms. The van der Waals surface area contributed by atoms with Gasteiger partial charge in [0.05, 0.1) is 30.6 Å². The molecule has 1 aliphatic rings. The highest BCUT2D eigenvalue weighted by atomic mass is 19.1. The van der Waals surface area contributed by atoms with Gasteiger partial charge in [0.15, 0.2) is 0 Å². The van der Waals surface area contributed by atoms with Gasteiger partial charge in [-0.2, -0.15) is 5.10 Å². The predicted molar refractivity (Wildman–Crippen MR) is 88.4 cm³/mol. The number of halogens is 1. The SMILES string of the molecule is CC(N)Cn1cc(C(=O)Nc2ccc(OCC3CC3)cc2F)cn1. The van der Waals surface area contributed by atoms with E-state index in [1.165, 1.54) is 31.2 Å². The number of anilines is 1. The first-order valence-electron chi connectivity index (χ1n) is 8.03. The lowest BCUT2D eigenvalue weighted by Crippen LogP contribution is -2.22. The van der Waals surface area contributed by atoms with Gasteiger partial charge in [-0.15, -0.1) is 0 Å². The second-order valence-electron chi connectivity index (χ2n) is 6.28. The van der Waals surface area contributed by atoms with Gasteiger partial charge in [-0.1, -0.05) is 0 Å². The molecule has 1 aromatic heterocycles. The van der Waals surface area contributed by atoms with Crippen LogP contribution in [0.5, 0.6) is 5.75 Å². The van der Waals surface area contributed by atoms with Crippen molar-refractivity contribution in [3.63, 3.8) is 0 Å². The molecule has 1 heterocycles. The third kappa shape index (κ3) is 4.32. The fraction of sp³-hybridized carbons (Fsp3) is 0.412. The van der Waals surface area contributed by atoms with Gasteiger partial charge in [0, 0.05) is 18.3 Å². The largest absolute Gasteiger partial charge is 0.493 e. The van der Waals surface area contributed by atoms with E-state index < -0.39 is 11.7 Å². The normalized spacial score (nSPS) is 15.1. The minimum absolute atomic E-state index is 0.0681. The summed E-state index contributed by atoms with van der Waals surface area (Å²) in [6, 6.07) is 4.38. The molecule has 1 unspecified atom stereocenters. The van der Waals surface area contributed by atoms with E-state index in [1.807, 2.05) is 6.92 Å². The number of ether oxygens (including phenoxy) is 1. The summed E-state index contributed by atoms with van der Waals surface area (Å²) >= 11 is 0. The van der Waals surface area contributed by atoms with E-state index in [1.54, 1.807) is 16.9 Å². The Morgan fingerprint density at radius 3 is 3.00 bits per heavy atom. The first-order valence-corrected chi connectivity index (χ1v) is 8.03. The highest BCUT2D eigenvalue weighted by Crippen LogP contribution is 2.30. The van der Waals surface area contributed by atoms with Crippen molar-refractivity contribution < 1.29 is 13.9 Å². The first-order chi connectivity index (χ1) is 11.5. The molecule has 0 saturated heterocycles. The molecule has 6 nitrogen and oxygen atoms in total. The van der Waals surface area contributed by atoms with Crippen molar-refractivity contribution in [2.45, 2.75) is 32.4 Å². The third-order valence-electron chi connectivity index (χ3n) is 3.74. The summed E-state index contributed by atoms with van der Waals surface area (Å²) in [5, 5.41) is 6.61. The van der Waals surface area contributed by atoms with Gasteiger partial charge in [0.2, 0.25) is 0 Å². The van der Waals surface area contributed by atoms with Crippen LogP contribution < -0.4 is 15.8 Å². The monoisotopic (exact) mass is 332 g/mol. The number of benzene rings is 1. The molecule has 1 aromatic carbocycles. The molecule has 3 rings (SSSR count). The van der Waals surface area contributed by atoms with Crippen molar-refractivity contribution in [3.8, 4) is 5.75 Å². The Bertz CT molecular complexity index is 725. The quantitative estimate of drug-likeness (QED) is 0.816. The number of carbonyl (C=O) groups is 1. The predicted octanol–water partition coefficient (Wildman–Crippen LogP) is 2.41. The van der Waals surface area contributed by atoms with Crippen molar-refractivity contribution in [2.24, 2.45) is 11.7 Å². The number of aromatic nitrogens is 2. The number of amides is 1. The van der Waals surface area contributed by atoms with Crippen LogP contribution in [0.15, 0.2) is 30.6 Å². The second-order valence-corrected chi connectivity index (χ2v) is 6.28. The number of nitrogens with two attached hydrogens (primary N) is 1. The Balaban J connectivity index is 1.61. The Labute approximate surface area is 139 Å². The lowest BCUT2D eigenvalue weighted by atomic mass is 10.2. The average Bonchev–Trinajstić information content (AvgIpc) is 3.25. The Morgan fingerprint density at radius 2 is 2.33 bits per heavy atom. The maximum atomic E-state index is 14.1. The van der Waals surface area contributed by atoms with Crippen LogP contribution in [0.25, 0.3) is 0 Å². The Hall–Kier alpha value is -2.41. The second kappa shape index (κ2) is 7.00. The number of rotatable bonds is 7. The van der Waals surface area contributed by atoms with Crippen molar-refractivity contribution >= 4 is 11.6 Å². The van der Waals surface area contributed by atoms with E-state index in [0.717, 1.165) is 0 Å². The lowest BCUT2D eigenvalue weighted by Gasteiger charge is -2.09. The molecule has 1 amide bonds. The molecule has 7 heteroatoms. The Kier molecular flexibility index (Phi) is 4.80. The number of nitrogens with one attached hydrogen (secondary N) is 1. The van der Waals surface area contributed by atoms with Crippen molar-refractivity contribution in [1.29, 1.82) is 0 Å². The number of nitrogens with zero attached hydrogens (tertiary/aromatic N) is 2. The standard InChI is InChI=1S/C17H21FN4O2/c1-11(19)8-22-9-13(7-20-22)17(23)21-16-5-4-14(6-15(16)18)24-10-12-2-3-12/h4-7,9,11-12H,2-3,8,10,19H2,1H3,(H,21,23). The smallest absolute Gasteiger partial charge is 0.258 e. The molecule has 1 fully saturated rings. The minimum atomic E-state index is -0.528. The number of hydrogen-bond acceptors (Lipinski definition) is 4. The number of carbonyl (C=O) groups excluding carboxylic acids is 1. The molecule has 0 bridgehead atoms. The van der Waals surface area contributed by atoms with Gasteiger partial charge >= 0.3 is 0 Å². The zero-order chi connectivity index (χ0) is 17.1. The Morgan fingerprint density at radius 1 is 1.54 bits per heavy atom. The van der Waals surface area contributed by atoms with Gasteiger partial charge in [0.1, 0.15) is 11.6 Å². The van der Waals surface area contributed by atoms with Crippen molar-refractivity contribution in [3.05, 3.63) is 42.0 Å². The molecule has 1 atom stereocenters. The topological polar surface area (TPSA) is 82.2 Å². The van der Waals surface area contributed by atoms with Crippen molar-refractivity contribution in [1.82, 2.24) is 9.78 Å². The fourth-order valence-electron chi connectivity index (χ4n) is 2.26. The van der Waals surface area contributed by atoms with Gasteiger partial charge < -0.3 is 15.8 Å².